The Morgan fingerprint density at radius 3 is 2.48 bits per heavy atom. The summed E-state index contributed by atoms with van der Waals surface area (Å²) in [5, 5.41) is 3.66. The Hall–Kier alpha value is -1.80. The van der Waals surface area contributed by atoms with Gasteiger partial charge in [-0.05, 0) is 18.1 Å². The Morgan fingerprint density at radius 2 is 1.71 bits per heavy atom. The van der Waals surface area contributed by atoms with Crippen LogP contribution in [0.4, 0.5) is 5.69 Å². The van der Waals surface area contributed by atoms with Crippen molar-refractivity contribution in [3.63, 3.8) is 0 Å². The van der Waals surface area contributed by atoms with Gasteiger partial charge in [0.25, 0.3) is 0 Å². The second-order valence-electron chi connectivity index (χ2n) is 6.14. The van der Waals surface area contributed by atoms with Crippen LogP contribution < -0.4 is 10.2 Å². The third-order valence-electron chi connectivity index (χ3n) is 4.09. The Balaban J connectivity index is 1.84. The number of rotatable bonds is 4. The zero-order chi connectivity index (χ0) is 14.7. The van der Waals surface area contributed by atoms with E-state index < -0.39 is 0 Å². The van der Waals surface area contributed by atoms with E-state index in [2.05, 4.69) is 78.7 Å². The van der Waals surface area contributed by atoms with E-state index in [1.165, 1.54) is 23.2 Å². The lowest BCUT2D eigenvalue weighted by Gasteiger charge is -2.23. The first kappa shape index (κ1) is 14.2. The van der Waals surface area contributed by atoms with Gasteiger partial charge in [-0.2, -0.15) is 0 Å². The van der Waals surface area contributed by atoms with Gasteiger partial charge in [-0.3, -0.25) is 0 Å². The molecule has 1 unspecified atom stereocenters. The van der Waals surface area contributed by atoms with Crippen molar-refractivity contribution in [1.29, 1.82) is 0 Å². The van der Waals surface area contributed by atoms with Gasteiger partial charge in [0.15, 0.2) is 0 Å². The number of hydrogen-bond donors (Lipinski definition) is 1. The van der Waals surface area contributed by atoms with Crippen LogP contribution in [0.5, 0.6) is 0 Å². The average Bonchev–Trinajstić information content (AvgIpc) is 2.96. The van der Waals surface area contributed by atoms with Crippen LogP contribution in [-0.4, -0.2) is 25.2 Å². The monoisotopic (exact) mass is 280 g/mol. The quantitative estimate of drug-likeness (QED) is 0.913. The Morgan fingerprint density at radius 1 is 1.00 bits per heavy atom. The van der Waals surface area contributed by atoms with Gasteiger partial charge < -0.3 is 10.2 Å². The summed E-state index contributed by atoms with van der Waals surface area (Å²) < 4.78 is 0. The molecule has 0 spiro atoms. The second-order valence-corrected chi connectivity index (χ2v) is 6.14. The third-order valence-corrected chi connectivity index (χ3v) is 4.09. The van der Waals surface area contributed by atoms with Crippen LogP contribution in [0.15, 0.2) is 54.6 Å². The maximum Gasteiger partial charge on any atom is 0.0446 e. The van der Waals surface area contributed by atoms with Gasteiger partial charge in [0.1, 0.15) is 0 Å². The topological polar surface area (TPSA) is 15.3 Å². The molecular weight excluding hydrogens is 256 g/mol. The molecule has 2 aromatic carbocycles. The molecule has 0 radical (unpaired) electrons. The molecule has 1 fully saturated rings. The molecule has 0 saturated carbocycles. The minimum atomic E-state index is 0.555. The fourth-order valence-electron chi connectivity index (χ4n) is 3.20. The molecule has 0 aliphatic carbocycles. The van der Waals surface area contributed by atoms with E-state index in [0.29, 0.717) is 12.1 Å². The van der Waals surface area contributed by atoms with Gasteiger partial charge in [0, 0.05) is 36.4 Å². The van der Waals surface area contributed by atoms with Crippen molar-refractivity contribution in [2.45, 2.75) is 32.4 Å². The summed E-state index contributed by atoms with van der Waals surface area (Å²) in [7, 11) is 0. The molecule has 2 aromatic rings. The van der Waals surface area contributed by atoms with Gasteiger partial charge in [0.2, 0.25) is 0 Å². The highest BCUT2D eigenvalue weighted by Gasteiger charge is 2.24. The summed E-state index contributed by atoms with van der Waals surface area (Å²) in [5.74, 6) is 0. The van der Waals surface area contributed by atoms with Gasteiger partial charge in [-0.25, -0.2) is 0 Å². The number of hydrogen-bond acceptors (Lipinski definition) is 2. The summed E-state index contributed by atoms with van der Waals surface area (Å²) >= 11 is 0. The van der Waals surface area contributed by atoms with Crippen LogP contribution in [0.25, 0.3) is 11.1 Å². The van der Waals surface area contributed by atoms with Crippen molar-refractivity contribution in [3.05, 3.63) is 54.6 Å². The first-order valence-corrected chi connectivity index (χ1v) is 7.89. The molecular formula is C19H24N2. The highest BCUT2D eigenvalue weighted by Crippen LogP contribution is 2.32. The molecule has 0 amide bonds. The standard InChI is InChI=1S/C19H24N2/c1-15(2)20-17-12-13-21(14-17)19-11-7-6-10-18(19)16-8-4-3-5-9-16/h3-11,15,17,20H,12-14H2,1-2H3. The molecule has 1 saturated heterocycles. The fourth-order valence-corrected chi connectivity index (χ4v) is 3.20. The van der Waals surface area contributed by atoms with Crippen molar-refractivity contribution in [2.24, 2.45) is 0 Å². The number of nitrogens with zero attached hydrogens (tertiary/aromatic N) is 1. The first-order chi connectivity index (χ1) is 10.2. The summed E-state index contributed by atoms with van der Waals surface area (Å²) in [4.78, 5) is 2.52. The van der Waals surface area contributed by atoms with Crippen LogP contribution in [0.1, 0.15) is 20.3 Å². The minimum Gasteiger partial charge on any atom is -0.369 e. The van der Waals surface area contributed by atoms with E-state index >= 15 is 0 Å². The summed E-state index contributed by atoms with van der Waals surface area (Å²) in [6.07, 6.45) is 1.22. The molecule has 21 heavy (non-hydrogen) atoms. The second kappa shape index (κ2) is 6.31. The maximum atomic E-state index is 3.66. The fraction of sp³-hybridized carbons (Fsp3) is 0.368. The lowest BCUT2D eigenvalue weighted by molar-refractivity contribution is 0.492. The molecule has 1 heterocycles. The van der Waals surface area contributed by atoms with Gasteiger partial charge in [-0.1, -0.05) is 62.4 Å². The van der Waals surface area contributed by atoms with Crippen LogP contribution >= 0.6 is 0 Å². The molecule has 1 atom stereocenters. The molecule has 2 nitrogen and oxygen atoms in total. The number of benzene rings is 2. The zero-order valence-corrected chi connectivity index (χ0v) is 12.9. The van der Waals surface area contributed by atoms with Crippen molar-refractivity contribution in [1.82, 2.24) is 5.32 Å². The smallest absolute Gasteiger partial charge is 0.0446 e. The van der Waals surface area contributed by atoms with Gasteiger partial charge in [0.05, 0.1) is 0 Å². The van der Waals surface area contributed by atoms with Crippen molar-refractivity contribution >= 4 is 5.69 Å². The highest BCUT2D eigenvalue weighted by atomic mass is 15.2. The molecule has 110 valence electrons. The first-order valence-electron chi connectivity index (χ1n) is 7.89. The summed E-state index contributed by atoms with van der Waals surface area (Å²) in [6, 6.07) is 20.6. The van der Waals surface area contributed by atoms with Crippen LogP contribution in [-0.2, 0) is 0 Å². The molecule has 2 heteroatoms. The molecule has 3 rings (SSSR count). The minimum absolute atomic E-state index is 0.555. The molecule has 1 aliphatic heterocycles. The van der Waals surface area contributed by atoms with E-state index in [9.17, 15) is 0 Å². The summed E-state index contributed by atoms with van der Waals surface area (Å²) in [5.41, 5.74) is 3.99. The van der Waals surface area contributed by atoms with E-state index in [1.54, 1.807) is 0 Å². The normalized spacial score (nSPS) is 18.4. The molecule has 0 aromatic heterocycles. The Labute approximate surface area is 127 Å². The van der Waals surface area contributed by atoms with Crippen molar-refractivity contribution in [2.75, 3.05) is 18.0 Å². The van der Waals surface area contributed by atoms with E-state index in [0.717, 1.165) is 13.1 Å². The number of anilines is 1. The molecule has 1 aliphatic rings. The molecule has 0 bridgehead atoms. The Kier molecular flexibility index (Phi) is 4.26. The van der Waals surface area contributed by atoms with E-state index in [4.69, 9.17) is 0 Å². The predicted octanol–water partition coefficient (Wildman–Crippen LogP) is 3.93. The van der Waals surface area contributed by atoms with Gasteiger partial charge >= 0.3 is 0 Å². The van der Waals surface area contributed by atoms with Crippen LogP contribution in [0, 0.1) is 0 Å². The number of para-hydroxylation sites is 1. The van der Waals surface area contributed by atoms with Crippen molar-refractivity contribution < 1.29 is 0 Å². The Bertz CT molecular complexity index is 577. The average molecular weight is 280 g/mol. The molecule has 1 N–H and O–H groups in total. The summed E-state index contributed by atoms with van der Waals surface area (Å²) in [6.45, 7) is 6.68. The van der Waals surface area contributed by atoms with E-state index in [1.807, 2.05) is 0 Å². The third kappa shape index (κ3) is 3.27. The van der Waals surface area contributed by atoms with Crippen LogP contribution in [0.3, 0.4) is 0 Å². The highest BCUT2D eigenvalue weighted by molar-refractivity contribution is 5.78. The van der Waals surface area contributed by atoms with Crippen LogP contribution in [0.2, 0.25) is 0 Å². The number of nitrogens with one attached hydrogen (secondary N) is 1. The maximum absolute atomic E-state index is 3.66. The zero-order valence-electron chi connectivity index (χ0n) is 12.9. The predicted molar refractivity (Wildman–Crippen MR) is 90.8 cm³/mol. The largest absolute Gasteiger partial charge is 0.369 e. The lowest BCUT2D eigenvalue weighted by Crippen LogP contribution is -2.37. The SMILES string of the molecule is CC(C)NC1CCN(c2ccccc2-c2ccccc2)C1. The lowest BCUT2D eigenvalue weighted by atomic mass is 10.0. The van der Waals surface area contributed by atoms with Gasteiger partial charge in [-0.15, -0.1) is 0 Å². The van der Waals surface area contributed by atoms with Crippen molar-refractivity contribution in [3.8, 4) is 11.1 Å². The van der Waals surface area contributed by atoms with E-state index in [-0.39, 0.29) is 0 Å².